The second-order valence-electron chi connectivity index (χ2n) is 6.10. The highest BCUT2D eigenvalue weighted by Crippen LogP contribution is 2.36. The van der Waals surface area contributed by atoms with Gasteiger partial charge in [0.05, 0.1) is 27.5 Å². The van der Waals surface area contributed by atoms with Crippen molar-refractivity contribution in [3.8, 4) is 17.6 Å². The maximum absolute atomic E-state index is 13.5. The Morgan fingerprint density at radius 2 is 1.93 bits per heavy atom. The molecular formula is C21H13ClFN5O. The first kappa shape index (κ1) is 18.5. The Kier molecular flexibility index (Phi) is 4.85. The van der Waals surface area contributed by atoms with Gasteiger partial charge in [-0.3, -0.25) is 9.97 Å². The smallest absolute Gasteiger partial charge is 0.152 e. The highest BCUT2D eigenvalue weighted by atomic mass is 35.5. The van der Waals surface area contributed by atoms with Gasteiger partial charge in [-0.2, -0.15) is 5.26 Å². The molecule has 0 spiro atoms. The summed E-state index contributed by atoms with van der Waals surface area (Å²) >= 11 is 5.86. The monoisotopic (exact) mass is 405 g/mol. The molecule has 3 N–H and O–H groups in total. The van der Waals surface area contributed by atoms with E-state index >= 15 is 0 Å². The van der Waals surface area contributed by atoms with Crippen LogP contribution in [-0.2, 0) is 0 Å². The number of hydrogen-bond donors (Lipinski definition) is 2. The zero-order valence-corrected chi connectivity index (χ0v) is 15.6. The van der Waals surface area contributed by atoms with Crippen LogP contribution in [0.15, 0.2) is 61.1 Å². The van der Waals surface area contributed by atoms with Crippen LogP contribution < -0.4 is 15.8 Å². The predicted octanol–water partition coefficient (Wildman–Crippen LogP) is 5.41. The highest BCUT2D eigenvalue weighted by Gasteiger charge is 2.14. The lowest BCUT2D eigenvalue weighted by atomic mass is 10.1. The number of nitriles is 1. The Hall–Kier alpha value is -3.89. The lowest BCUT2D eigenvalue weighted by molar-refractivity contribution is 0.485. The largest absolute Gasteiger partial charge is 0.455 e. The molecule has 0 saturated carbocycles. The number of anilines is 3. The molecule has 0 fully saturated rings. The van der Waals surface area contributed by atoms with E-state index in [0.717, 1.165) is 0 Å². The molecular weight excluding hydrogens is 393 g/mol. The van der Waals surface area contributed by atoms with E-state index in [4.69, 9.17) is 22.1 Å². The summed E-state index contributed by atoms with van der Waals surface area (Å²) in [5.41, 5.74) is 8.44. The van der Waals surface area contributed by atoms with Crippen LogP contribution in [0.25, 0.3) is 10.9 Å². The summed E-state index contributed by atoms with van der Waals surface area (Å²) in [7, 11) is 0. The molecule has 0 atom stereocenters. The molecule has 0 amide bonds. The van der Waals surface area contributed by atoms with Gasteiger partial charge in [0, 0.05) is 35.7 Å². The van der Waals surface area contributed by atoms with Gasteiger partial charge in [-0.05, 0) is 36.4 Å². The fourth-order valence-electron chi connectivity index (χ4n) is 2.80. The van der Waals surface area contributed by atoms with Crippen LogP contribution >= 0.6 is 11.6 Å². The molecule has 6 nitrogen and oxygen atoms in total. The number of nitrogen functional groups attached to an aromatic ring is 1. The molecule has 29 heavy (non-hydrogen) atoms. The third-order valence-corrected chi connectivity index (χ3v) is 4.48. The molecule has 2 aromatic heterocycles. The Morgan fingerprint density at radius 1 is 1.14 bits per heavy atom. The summed E-state index contributed by atoms with van der Waals surface area (Å²) < 4.78 is 19.3. The number of nitrogens with one attached hydrogen (secondary N) is 1. The summed E-state index contributed by atoms with van der Waals surface area (Å²) in [6.07, 6.45) is 4.67. The molecule has 0 aliphatic carbocycles. The average Bonchev–Trinajstić information content (AvgIpc) is 2.72. The maximum atomic E-state index is 13.5. The molecule has 0 aliphatic rings. The lowest BCUT2D eigenvalue weighted by Crippen LogP contribution is -1.99. The molecule has 4 rings (SSSR count). The molecule has 0 unspecified atom stereocenters. The standard InChI is InChI=1S/C21H13ClFN5O/c22-16-7-13(1-2-17(16)23)28-21-12(10-24)11-27-19-9-20(18(25)8-15(19)21)29-14-3-5-26-6-4-14/h1-9,11H,25H2,(H,27,28). The van der Waals surface area contributed by atoms with Crippen LogP contribution in [0, 0.1) is 17.1 Å². The number of rotatable bonds is 4. The number of ether oxygens (including phenoxy) is 1. The van der Waals surface area contributed by atoms with Crippen molar-refractivity contribution in [3.05, 3.63) is 77.5 Å². The van der Waals surface area contributed by atoms with Crippen molar-refractivity contribution in [1.29, 1.82) is 5.26 Å². The van der Waals surface area contributed by atoms with Crippen LogP contribution in [0.1, 0.15) is 5.56 Å². The molecule has 142 valence electrons. The van der Waals surface area contributed by atoms with Gasteiger partial charge < -0.3 is 15.8 Å². The molecule has 4 aromatic rings. The normalized spacial score (nSPS) is 10.5. The Morgan fingerprint density at radius 3 is 2.66 bits per heavy atom. The van der Waals surface area contributed by atoms with Crippen molar-refractivity contribution in [2.45, 2.75) is 0 Å². The summed E-state index contributed by atoms with van der Waals surface area (Å²) in [6, 6.07) is 13.1. The van der Waals surface area contributed by atoms with E-state index in [1.165, 1.54) is 24.4 Å². The minimum atomic E-state index is -0.528. The van der Waals surface area contributed by atoms with E-state index in [2.05, 4.69) is 21.4 Å². The number of nitrogens with two attached hydrogens (primary N) is 1. The van der Waals surface area contributed by atoms with E-state index < -0.39 is 5.82 Å². The number of hydrogen-bond acceptors (Lipinski definition) is 6. The zero-order valence-electron chi connectivity index (χ0n) is 14.9. The fourth-order valence-corrected chi connectivity index (χ4v) is 2.98. The van der Waals surface area contributed by atoms with Gasteiger partial charge in [-0.1, -0.05) is 11.6 Å². The van der Waals surface area contributed by atoms with E-state index in [9.17, 15) is 9.65 Å². The number of fused-ring (bicyclic) bond motifs is 1. The second-order valence-corrected chi connectivity index (χ2v) is 6.51. The van der Waals surface area contributed by atoms with E-state index in [-0.39, 0.29) is 5.02 Å². The van der Waals surface area contributed by atoms with E-state index in [1.54, 1.807) is 36.7 Å². The van der Waals surface area contributed by atoms with Crippen LogP contribution in [0.5, 0.6) is 11.5 Å². The topological polar surface area (TPSA) is 96.8 Å². The van der Waals surface area contributed by atoms with Gasteiger partial charge in [0.1, 0.15) is 17.6 Å². The molecule has 8 heteroatoms. The van der Waals surface area contributed by atoms with Crippen LogP contribution in [-0.4, -0.2) is 9.97 Å². The number of benzene rings is 2. The minimum Gasteiger partial charge on any atom is -0.455 e. The first-order valence-corrected chi connectivity index (χ1v) is 8.85. The van der Waals surface area contributed by atoms with Crippen LogP contribution in [0.2, 0.25) is 5.02 Å². The molecule has 0 bridgehead atoms. The first-order valence-electron chi connectivity index (χ1n) is 8.47. The van der Waals surface area contributed by atoms with E-state index in [1.807, 2.05) is 0 Å². The Bertz CT molecular complexity index is 1260. The molecule has 2 heterocycles. The Balaban J connectivity index is 1.79. The molecule has 0 aliphatic heterocycles. The lowest BCUT2D eigenvalue weighted by Gasteiger charge is -2.14. The van der Waals surface area contributed by atoms with Gasteiger partial charge in [-0.15, -0.1) is 0 Å². The molecule has 0 saturated heterocycles. The quantitative estimate of drug-likeness (QED) is 0.440. The third kappa shape index (κ3) is 3.74. The molecule has 0 radical (unpaired) electrons. The van der Waals surface area contributed by atoms with Gasteiger partial charge in [0.15, 0.2) is 5.75 Å². The third-order valence-electron chi connectivity index (χ3n) is 4.19. The summed E-state index contributed by atoms with van der Waals surface area (Å²) in [5, 5.41) is 13.2. The maximum Gasteiger partial charge on any atom is 0.152 e. The van der Waals surface area contributed by atoms with Crippen molar-refractivity contribution in [2.24, 2.45) is 0 Å². The highest BCUT2D eigenvalue weighted by molar-refractivity contribution is 6.31. The zero-order chi connectivity index (χ0) is 20.4. The van der Waals surface area contributed by atoms with Crippen molar-refractivity contribution in [3.63, 3.8) is 0 Å². The average molecular weight is 406 g/mol. The Labute approximate surface area is 170 Å². The predicted molar refractivity (Wildman–Crippen MR) is 110 cm³/mol. The number of halogens is 2. The van der Waals surface area contributed by atoms with Crippen LogP contribution in [0.3, 0.4) is 0 Å². The van der Waals surface area contributed by atoms with Crippen molar-refractivity contribution in [1.82, 2.24) is 9.97 Å². The van der Waals surface area contributed by atoms with Gasteiger partial charge >= 0.3 is 0 Å². The fraction of sp³-hybridized carbons (Fsp3) is 0. The summed E-state index contributed by atoms with van der Waals surface area (Å²) in [5.74, 6) is 0.482. The SMILES string of the molecule is N#Cc1cnc2cc(Oc3ccncc3)c(N)cc2c1Nc1ccc(F)c(Cl)c1. The van der Waals surface area contributed by atoms with E-state index in [0.29, 0.717) is 45.0 Å². The summed E-state index contributed by atoms with van der Waals surface area (Å²) in [6.45, 7) is 0. The van der Waals surface area contributed by atoms with Gasteiger partial charge in [0.25, 0.3) is 0 Å². The number of pyridine rings is 2. The molecule has 2 aromatic carbocycles. The van der Waals surface area contributed by atoms with Crippen molar-refractivity contribution >= 4 is 39.6 Å². The first-order chi connectivity index (χ1) is 14.0. The second kappa shape index (κ2) is 7.62. The summed E-state index contributed by atoms with van der Waals surface area (Å²) in [4.78, 5) is 8.28. The minimum absolute atomic E-state index is 0.0283. The van der Waals surface area contributed by atoms with Crippen molar-refractivity contribution in [2.75, 3.05) is 11.1 Å². The van der Waals surface area contributed by atoms with Crippen molar-refractivity contribution < 1.29 is 9.13 Å². The number of aromatic nitrogens is 2. The van der Waals surface area contributed by atoms with Gasteiger partial charge in [-0.25, -0.2) is 4.39 Å². The number of nitrogens with zero attached hydrogens (tertiary/aromatic N) is 3. The van der Waals surface area contributed by atoms with Crippen LogP contribution in [0.4, 0.5) is 21.5 Å². The van der Waals surface area contributed by atoms with Gasteiger partial charge in [0.2, 0.25) is 0 Å².